The number of nitrogens with one attached hydrogen (secondary N) is 1. The number of rotatable bonds is 4. The average Bonchev–Trinajstić information content (AvgIpc) is 2.68. The Hall–Kier alpha value is -0.790. The molecule has 0 saturated carbocycles. The second kappa shape index (κ2) is 7.12. The lowest BCUT2D eigenvalue weighted by Gasteiger charge is -2.24. The van der Waals surface area contributed by atoms with E-state index in [-0.39, 0.29) is 0 Å². The minimum absolute atomic E-state index is 0.335. The summed E-state index contributed by atoms with van der Waals surface area (Å²) < 4.78 is 0. The van der Waals surface area contributed by atoms with Gasteiger partial charge in [-0.25, -0.2) is 0 Å². The first-order chi connectivity index (χ1) is 9.24. The van der Waals surface area contributed by atoms with E-state index in [9.17, 15) is 0 Å². The van der Waals surface area contributed by atoms with Crippen LogP contribution in [0.1, 0.15) is 56.2 Å². The Morgan fingerprint density at radius 1 is 1.26 bits per heavy atom. The molecule has 0 amide bonds. The van der Waals surface area contributed by atoms with Gasteiger partial charge in [0.15, 0.2) is 0 Å². The molecule has 19 heavy (non-hydrogen) atoms. The van der Waals surface area contributed by atoms with Crippen LogP contribution in [-0.2, 0) is 0 Å². The van der Waals surface area contributed by atoms with Gasteiger partial charge in [-0.3, -0.25) is 0 Å². The fourth-order valence-corrected chi connectivity index (χ4v) is 3.07. The number of hydrogen-bond donors (Lipinski definition) is 1. The smallest absolute Gasteiger partial charge is 0.0539 e. The third-order valence-electron chi connectivity index (χ3n) is 3.98. The molecule has 0 bridgehead atoms. The molecule has 1 aromatic carbocycles. The van der Waals surface area contributed by atoms with Crippen molar-refractivity contribution in [1.29, 1.82) is 0 Å². The Bertz CT molecular complexity index is 451. The van der Waals surface area contributed by atoms with Crippen LogP contribution in [0, 0.1) is 6.92 Å². The van der Waals surface area contributed by atoms with Crippen molar-refractivity contribution in [2.45, 2.75) is 52.0 Å². The van der Waals surface area contributed by atoms with E-state index in [0.717, 1.165) is 11.6 Å². The van der Waals surface area contributed by atoms with Gasteiger partial charge < -0.3 is 5.32 Å². The van der Waals surface area contributed by atoms with E-state index in [1.807, 2.05) is 6.07 Å². The van der Waals surface area contributed by atoms with Gasteiger partial charge in [0.05, 0.1) is 6.04 Å². The van der Waals surface area contributed by atoms with Gasteiger partial charge in [-0.15, -0.1) is 0 Å². The minimum Gasteiger partial charge on any atom is -0.307 e. The van der Waals surface area contributed by atoms with E-state index in [0.29, 0.717) is 6.04 Å². The third kappa shape index (κ3) is 3.61. The summed E-state index contributed by atoms with van der Waals surface area (Å²) in [5.41, 5.74) is 4.09. The zero-order valence-corrected chi connectivity index (χ0v) is 12.8. The summed E-state index contributed by atoms with van der Waals surface area (Å²) in [7, 11) is 0. The van der Waals surface area contributed by atoms with Crippen LogP contribution in [0.2, 0.25) is 5.02 Å². The van der Waals surface area contributed by atoms with Gasteiger partial charge in [0, 0.05) is 5.02 Å². The van der Waals surface area contributed by atoms with Crippen molar-refractivity contribution in [3.63, 3.8) is 0 Å². The molecule has 0 aromatic heterocycles. The second-order valence-electron chi connectivity index (χ2n) is 5.32. The molecule has 0 aliphatic heterocycles. The van der Waals surface area contributed by atoms with Crippen LogP contribution < -0.4 is 5.32 Å². The lowest BCUT2D eigenvalue weighted by Crippen LogP contribution is -2.23. The number of hydrogen-bond acceptors (Lipinski definition) is 1. The predicted molar refractivity (Wildman–Crippen MR) is 83.8 cm³/mol. The van der Waals surface area contributed by atoms with E-state index in [1.165, 1.54) is 43.2 Å². The highest BCUT2D eigenvalue weighted by atomic mass is 35.5. The van der Waals surface area contributed by atoms with Crippen molar-refractivity contribution in [3.8, 4) is 0 Å². The molecule has 2 heteroatoms. The molecule has 0 radical (unpaired) electrons. The standard InChI is InChI=1S/C17H24ClN/c1-3-19-17(14-9-6-4-5-7-10-14)15-11-8-12-16(18)13(15)2/h8-9,11-12,17,19H,3-7,10H2,1-2H3. The van der Waals surface area contributed by atoms with Crippen molar-refractivity contribution >= 4 is 11.6 Å². The Balaban J connectivity index is 2.33. The summed E-state index contributed by atoms with van der Waals surface area (Å²) in [4.78, 5) is 0. The maximum Gasteiger partial charge on any atom is 0.0539 e. The lowest BCUT2D eigenvalue weighted by molar-refractivity contribution is 0.587. The Labute approximate surface area is 122 Å². The van der Waals surface area contributed by atoms with E-state index in [1.54, 1.807) is 5.57 Å². The summed E-state index contributed by atoms with van der Waals surface area (Å²) in [6.07, 6.45) is 8.87. The Morgan fingerprint density at radius 2 is 2.11 bits per heavy atom. The van der Waals surface area contributed by atoms with E-state index >= 15 is 0 Å². The van der Waals surface area contributed by atoms with Gasteiger partial charge in [-0.2, -0.15) is 0 Å². The normalized spacial score (nSPS) is 17.7. The maximum absolute atomic E-state index is 6.28. The highest BCUT2D eigenvalue weighted by Crippen LogP contribution is 2.32. The quantitative estimate of drug-likeness (QED) is 0.747. The maximum atomic E-state index is 6.28. The van der Waals surface area contributed by atoms with Crippen LogP contribution in [0.25, 0.3) is 0 Å². The SMILES string of the molecule is CCNC(C1=CCCCCC1)c1cccc(Cl)c1C. The van der Waals surface area contributed by atoms with Crippen molar-refractivity contribution in [2.75, 3.05) is 6.54 Å². The monoisotopic (exact) mass is 277 g/mol. The lowest BCUT2D eigenvalue weighted by atomic mass is 9.92. The molecule has 1 unspecified atom stereocenters. The molecule has 0 fully saturated rings. The molecule has 1 aliphatic rings. The van der Waals surface area contributed by atoms with Crippen LogP contribution in [-0.4, -0.2) is 6.54 Å². The molecular weight excluding hydrogens is 254 g/mol. The van der Waals surface area contributed by atoms with Crippen LogP contribution in [0.15, 0.2) is 29.8 Å². The van der Waals surface area contributed by atoms with Crippen molar-refractivity contribution < 1.29 is 0 Å². The first-order valence-electron chi connectivity index (χ1n) is 7.41. The Morgan fingerprint density at radius 3 is 2.89 bits per heavy atom. The molecule has 1 N–H and O–H groups in total. The van der Waals surface area contributed by atoms with Crippen molar-refractivity contribution in [2.24, 2.45) is 0 Å². The second-order valence-corrected chi connectivity index (χ2v) is 5.73. The minimum atomic E-state index is 0.335. The molecule has 1 aliphatic carbocycles. The van der Waals surface area contributed by atoms with Gasteiger partial charge in [-0.1, -0.05) is 48.7 Å². The zero-order valence-electron chi connectivity index (χ0n) is 12.0. The first kappa shape index (κ1) is 14.6. The predicted octanol–water partition coefficient (Wildman–Crippen LogP) is 5.19. The van der Waals surface area contributed by atoms with Crippen LogP contribution in [0.5, 0.6) is 0 Å². The van der Waals surface area contributed by atoms with Crippen molar-refractivity contribution in [1.82, 2.24) is 5.32 Å². The highest BCUT2D eigenvalue weighted by Gasteiger charge is 2.19. The summed E-state index contributed by atoms with van der Waals surface area (Å²) in [6.45, 7) is 5.28. The molecular formula is C17H24ClN. The zero-order chi connectivity index (χ0) is 13.7. The third-order valence-corrected chi connectivity index (χ3v) is 4.39. The fourth-order valence-electron chi connectivity index (χ4n) is 2.88. The van der Waals surface area contributed by atoms with E-state index in [2.05, 4.69) is 37.4 Å². The molecule has 0 saturated heterocycles. The molecule has 1 aromatic rings. The van der Waals surface area contributed by atoms with Gasteiger partial charge >= 0.3 is 0 Å². The van der Waals surface area contributed by atoms with Gasteiger partial charge in [0.25, 0.3) is 0 Å². The number of allylic oxidation sites excluding steroid dienone is 1. The summed E-state index contributed by atoms with van der Waals surface area (Å²) in [6, 6.07) is 6.58. The number of halogens is 1. The molecule has 104 valence electrons. The van der Waals surface area contributed by atoms with Crippen molar-refractivity contribution in [3.05, 3.63) is 46.0 Å². The summed E-state index contributed by atoms with van der Waals surface area (Å²) >= 11 is 6.28. The van der Waals surface area contributed by atoms with E-state index in [4.69, 9.17) is 11.6 Å². The van der Waals surface area contributed by atoms with Crippen LogP contribution in [0.3, 0.4) is 0 Å². The Kier molecular flexibility index (Phi) is 5.47. The topological polar surface area (TPSA) is 12.0 Å². The van der Waals surface area contributed by atoms with Gasteiger partial charge in [0.1, 0.15) is 0 Å². The van der Waals surface area contributed by atoms with Crippen LogP contribution >= 0.6 is 11.6 Å². The molecule has 1 atom stereocenters. The largest absolute Gasteiger partial charge is 0.307 e. The average molecular weight is 278 g/mol. The van der Waals surface area contributed by atoms with Gasteiger partial charge in [-0.05, 0) is 56.3 Å². The van der Waals surface area contributed by atoms with Gasteiger partial charge in [0.2, 0.25) is 0 Å². The van der Waals surface area contributed by atoms with E-state index < -0.39 is 0 Å². The fraction of sp³-hybridized carbons (Fsp3) is 0.529. The summed E-state index contributed by atoms with van der Waals surface area (Å²) in [5, 5.41) is 4.51. The number of likely N-dealkylation sites (N-methyl/N-ethyl adjacent to an activating group) is 1. The summed E-state index contributed by atoms with van der Waals surface area (Å²) in [5.74, 6) is 0. The molecule has 0 spiro atoms. The highest BCUT2D eigenvalue weighted by molar-refractivity contribution is 6.31. The number of benzene rings is 1. The van der Waals surface area contributed by atoms with Crippen LogP contribution in [0.4, 0.5) is 0 Å². The molecule has 2 rings (SSSR count). The first-order valence-corrected chi connectivity index (χ1v) is 7.79. The molecule has 1 nitrogen and oxygen atoms in total. The molecule has 0 heterocycles.